The third-order valence-electron chi connectivity index (χ3n) is 5.48. The zero-order valence-corrected chi connectivity index (χ0v) is 18.0. The summed E-state index contributed by atoms with van der Waals surface area (Å²) in [6.07, 6.45) is 2.35. The number of halogens is 2. The first-order valence-electron chi connectivity index (χ1n) is 9.54. The van der Waals surface area contributed by atoms with E-state index in [0.717, 1.165) is 12.8 Å². The number of carbonyl (C=O) groups is 3. The molecule has 2 N–H and O–H groups in total. The number of Topliss-reactive ketones (excluding diaryl/α,β-unsaturated/α-hetero) is 1. The molecule has 0 aromatic heterocycles. The van der Waals surface area contributed by atoms with E-state index in [2.05, 4.69) is 0 Å². The fraction of sp³-hybridized carbons (Fsp3) is 0.318. The maximum absolute atomic E-state index is 13.1. The van der Waals surface area contributed by atoms with Gasteiger partial charge in [0, 0.05) is 24.1 Å². The number of likely N-dealkylation sites (N-methyl/N-ethyl adjacent to an activating group) is 1. The van der Waals surface area contributed by atoms with Crippen molar-refractivity contribution in [3.8, 4) is 0 Å². The number of amides is 1. The molecule has 158 valence electrons. The van der Waals surface area contributed by atoms with Gasteiger partial charge in [0.05, 0.1) is 16.3 Å². The Bertz CT molecular complexity index is 995. The molecule has 1 saturated carbocycles. The van der Waals surface area contributed by atoms with Crippen LogP contribution >= 0.6 is 23.2 Å². The normalized spacial score (nSPS) is 18.7. The quantitative estimate of drug-likeness (QED) is 0.545. The zero-order chi connectivity index (χ0) is 21.9. The van der Waals surface area contributed by atoms with Crippen LogP contribution in [0, 0.1) is 0 Å². The number of hydrogen-bond donors (Lipinski definition) is 1. The summed E-state index contributed by atoms with van der Waals surface area (Å²) in [5, 5.41) is 0.737. The van der Waals surface area contributed by atoms with E-state index in [1.54, 1.807) is 31.3 Å². The Balaban J connectivity index is 1.81. The molecule has 8 heteroatoms. The van der Waals surface area contributed by atoms with Gasteiger partial charge in [0.2, 0.25) is 0 Å². The van der Waals surface area contributed by atoms with Crippen molar-refractivity contribution in [3.05, 3.63) is 63.6 Å². The van der Waals surface area contributed by atoms with Crippen molar-refractivity contribution in [2.45, 2.75) is 31.2 Å². The number of nitrogen functional groups attached to an aromatic ring is 1. The molecule has 0 radical (unpaired) electrons. The van der Waals surface area contributed by atoms with Crippen molar-refractivity contribution in [3.63, 3.8) is 0 Å². The van der Waals surface area contributed by atoms with Crippen LogP contribution in [0.5, 0.6) is 0 Å². The fourth-order valence-electron chi connectivity index (χ4n) is 3.82. The maximum atomic E-state index is 13.1. The lowest BCUT2D eigenvalue weighted by Gasteiger charge is -2.43. The lowest BCUT2D eigenvalue weighted by Crippen LogP contribution is -2.55. The van der Waals surface area contributed by atoms with E-state index in [1.165, 1.54) is 23.1 Å². The molecule has 1 aliphatic carbocycles. The fourth-order valence-corrected chi connectivity index (χ4v) is 4.23. The van der Waals surface area contributed by atoms with Crippen LogP contribution in [-0.4, -0.2) is 36.2 Å². The average Bonchev–Trinajstić information content (AvgIpc) is 2.74. The molecule has 0 aliphatic heterocycles. The molecule has 0 bridgehead atoms. The number of nitrogens with two attached hydrogens (primary N) is 1. The van der Waals surface area contributed by atoms with Crippen LogP contribution in [0.4, 0.5) is 5.69 Å². The monoisotopic (exact) mass is 448 g/mol. The zero-order valence-electron chi connectivity index (χ0n) is 16.5. The molecule has 1 fully saturated rings. The number of ether oxygens (including phenoxy) is 1. The first-order chi connectivity index (χ1) is 14.3. The number of hydrogen-bond acceptors (Lipinski definition) is 5. The predicted octanol–water partition coefficient (Wildman–Crippen LogP) is 4.23. The summed E-state index contributed by atoms with van der Waals surface area (Å²) in [6, 6.07) is 11.3. The SMILES string of the molecule is CN(C(=O)COC(=O)c1ccc(Cl)c(N)c1)[C@]1(c2ccccc2Cl)CCCCC1=O. The summed E-state index contributed by atoms with van der Waals surface area (Å²) in [7, 11) is 1.54. The van der Waals surface area contributed by atoms with Gasteiger partial charge in [-0.2, -0.15) is 0 Å². The van der Waals surface area contributed by atoms with Crippen LogP contribution in [0.1, 0.15) is 41.6 Å². The van der Waals surface area contributed by atoms with Crippen molar-refractivity contribution in [2.75, 3.05) is 19.4 Å². The Hall–Kier alpha value is -2.57. The van der Waals surface area contributed by atoms with Crippen molar-refractivity contribution in [2.24, 2.45) is 0 Å². The summed E-state index contributed by atoms with van der Waals surface area (Å²) in [4.78, 5) is 39.7. The minimum Gasteiger partial charge on any atom is -0.452 e. The molecule has 1 aliphatic rings. The number of esters is 1. The lowest BCUT2D eigenvalue weighted by molar-refractivity contribution is -0.150. The van der Waals surface area contributed by atoms with Gasteiger partial charge < -0.3 is 15.4 Å². The highest BCUT2D eigenvalue weighted by Crippen LogP contribution is 2.42. The highest BCUT2D eigenvalue weighted by molar-refractivity contribution is 6.33. The van der Waals surface area contributed by atoms with Crippen LogP contribution < -0.4 is 5.73 Å². The van der Waals surface area contributed by atoms with Gasteiger partial charge in [-0.3, -0.25) is 9.59 Å². The van der Waals surface area contributed by atoms with Crippen molar-refractivity contribution < 1.29 is 19.1 Å². The third kappa shape index (κ3) is 4.16. The minimum absolute atomic E-state index is 0.0745. The van der Waals surface area contributed by atoms with E-state index in [0.29, 0.717) is 28.5 Å². The standard InChI is InChI=1S/C22H22Cl2N2O4/c1-26(20(28)13-30-21(29)14-9-10-17(24)18(25)12-14)22(11-5-4-8-19(22)27)15-6-2-3-7-16(15)23/h2-3,6-7,9-10,12H,4-5,8,11,13,25H2,1H3/t22-/m0/s1. The summed E-state index contributed by atoms with van der Waals surface area (Å²) in [5.41, 5.74) is 5.54. The number of ketones is 1. The van der Waals surface area contributed by atoms with E-state index >= 15 is 0 Å². The largest absolute Gasteiger partial charge is 0.452 e. The first kappa shape index (κ1) is 22.1. The summed E-state index contributed by atoms with van der Waals surface area (Å²) < 4.78 is 5.17. The van der Waals surface area contributed by atoms with Crippen LogP contribution in [0.25, 0.3) is 0 Å². The van der Waals surface area contributed by atoms with E-state index in [9.17, 15) is 14.4 Å². The number of anilines is 1. The van der Waals surface area contributed by atoms with Gasteiger partial charge in [0.1, 0.15) is 5.54 Å². The molecule has 30 heavy (non-hydrogen) atoms. The topological polar surface area (TPSA) is 89.7 Å². The van der Waals surface area contributed by atoms with E-state index < -0.39 is 24.0 Å². The highest BCUT2D eigenvalue weighted by atomic mass is 35.5. The van der Waals surface area contributed by atoms with E-state index in [4.69, 9.17) is 33.7 Å². The Morgan fingerprint density at radius 3 is 2.53 bits per heavy atom. The molecular formula is C22H22Cl2N2O4. The molecule has 6 nitrogen and oxygen atoms in total. The molecule has 1 atom stereocenters. The minimum atomic E-state index is -1.18. The van der Waals surface area contributed by atoms with E-state index in [-0.39, 0.29) is 17.0 Å². The molecule has 1 amide bonds. The smallest absolute Gasteiger partial charge is 0.338 e. The molecule has 2 aromatic carbocycles. The number of carbonyl (C=O) groups excluding carboxylic acids is 3. The average molecular weight is 449 g/mol. The lowest BCUT2D eigenvalue weighted by atomic mass is 9.74. The van der Waals surface area contributed by atoms with Gasteiger partial charge in [-0.1, -0.05) is 41.4 Å². The predicted molar refractivity (Wildman–Crippen MR) is 116 cm³/mol. The third-order valence-corrected chi connectivity index (χ3v) is 6.15. The van der Waals surface area contributed by atoms with Crippen molar-refractivity contribution in [1.29, 1.82) is 0 Å². The molecular weight excluding hydrogens is 427 g/mol. The van der Waals surface area contributed by atoms with E-state index in [1.807, 2.05) is 0 Å². The highest BCUT2D eigenvalue weighted by Gasteiger charge is 2.48. The first-order valence-corrected chi connectivity index (χ1v) is 10.3. The van der Waals surface area contributed by atoms with Gasteiger partial charge in [-0.25, -0.2) is 4.79 Å². The number of benzene rings is 2. The molecule has 2 aromatic rings. The van der Waals surface area contributed by atoms with Crippen LogP contribution in [0.2, 0.25) is 10.0 Å². The van der Waals surface area contributed by atoms with Gasteiger partial charge in [-0.05, 0) is 43.5 Å². The molecule has 0 heterocycles. The van der Waals surface area contributed by atoms with Gasteiger partial charge in [0.25, 0.3) is 5.91 Å². The second kappa shape index (κ2) is 9.06. The van der Waals surface area contributed by atoms with Gasteiger partial charge in [0.15, 0.2) is 12.4 Å². The molecule has 0 spiro atoms. The van der Waals surface area contributed by atoms with Crippen LogP contribution in [0.15, 0.2) is 42.5 Å². The summed E-state index contributed by atoms with van der Waals surface area (Å²) >= 11 is 12.3. The molecule has 0 unspecified atom stereocenters. The Kier molecular flexibility index (Phi) is 6.68. The summed E-state index contributed by atoms with van der Waals surface area (Å²) in [5.74, 6) is -1.28. The number of rotatable bonds is 5. The molecule has 3 rings (SSSR count). The maximum Gasteiger partial charge on any atom is 0.338 e. The number of nitrogens with zero attached hydrogens (tertiary/aromatic N) is 1. The van der Waals surface area contributed by atoms with Gasteiger partial charge in [-0.15, -0.1) is 0 Å². The van der Waals surface area contributed by atoms with Crippen molar-refractivity contribution >= 4 is 46.5 Å². The molecule has 0 saturated heterocycles. The Morgan fingerprint density at radius 1 is 1.13 bits per heavy atom. The van der Waals surface area contributed by atoms with Crippen LogP contribution in [-0.2, 0) is 19.9 Å². The summed E-state index contributed by atoms with van der Waals surface area (Å²) in [6.45, 7) is -0.517. The van der Waals surface area contributed by atoms with Crippen molar-refractivity contribution in [1.82, 2.24) is 4.90 Å². The Morgan fingerprint density at radius 2 is 1.87 bits per heavy atom. The Labute approximate surface area is 184 Å². The second-order valence-electron chi connectivity index (χ2n) is 7.24. The van der Waals surface area contributed by atoms with Gasteiger partial charge >= 0.3 is 5.97 Å². The van der Waals surface area contributed by atoms with Crippen LogP contribution in [0.3, 0.4) is 0 Å². The second-order valence-corrected chi connectivity index (χ2v) is 8.05.